The van der Waals surface area contributed by atoms with Gasteiger partial charge in [0.15, 0.2) is 0 Å². The van der Waals surface area contributed by atoms with Gasteiger partial charge in [-0.1, -0.05) is 55.5 Å². The third kappa shape index (κ3) is 2.03. The van der Waals surface area contributed by atoms with Gasteiger partial charge in [-0.05, 0) is 69.1 Å². The maximum Gasteiger partial charge on any atom is 0.238 e. The third-order valence-electron chi connectivity index (χ3n) is 7.13. The molecule has 1 aliphatic heterocycles. The number of hydrogen-bond donors (Lipinski definition) is 0. The average Bonchev–Trinajstić information content (AvgIpc) is 3.01. The molecule has 1 fully saturated rings. The van der Waals surface area contributed by atoms with Crippen molar-refractivity contribution in [1.29, 1.82) is 0 Å². The summed E-state index contributed by atoms with van der Waals surface area (Å²) in [4.78, 5) is 28.9. The number of benzene rings is 3. The van der Waals surface area contributed by atoms with Gasteiger partial charge >= 0.3 is 0 Å². The summed E-state index contributed by atoms with van der Waals surface area (Å²) in [6, 6.07) is 24.3. The summed E-state index contributed by atoms with van der Waals surface area (Å²) in [6.45, 7) is 2.15. The highest BCUT2D eigenvalue weighted by Gasteiger charge is 2.66. The SMILES string of the molecule is CC12c3ccccc3C(c3ccccc31)[C@@H]1C(=O)N(c3ccc(I)cc3)C(=O)[C@H]12. The smallest absolute Gasteiger partial charge is 0.238 e. The van der Waals surface area contributed by atoms with Gasteiger partial charge in [0, 0.05) is 14.9 Å². The molecule has 1 saturated heterocycles. The lowest BCUT2D eigenvalue weighted by molar-refractivity contribution is -0.123. The molecule has 2 amide bonds. The van der Waals surface area contributed by atoms with Crippen molar-refractivity contribution in [2.24, 2.45) is 11.8 Å². The van der Waals surface area contributed by atoms with E-state index >= 15 is 0 Å². The van der Waals surface area contributed by atoms with Gasteiger partial charge in [-0.25, -0.2) is 4.90 Å². The number of carbonyl (C=O) groups is 2. The number of nitrogens with zero attached hydrogens (tertiary/aromatic N) is 1. The molecule has 0 aromatic heterocycles. The molecule has 142 valence electrons. The summed E-state index contributed by atoms with van der Waals surface area (Å²) in [5, 5.41) is 0. The van der Waals surface area contributed by atoms with E-state index in [0.717, 1.165) is 3.57 Å². The van der Waals surface area contributed by atoms with Crippen LogP contribution >= 0.6 is 22.6 Å². The Morgan fingerprint density at radius 1 is 0.793 bits per heavy atom. The fraction of sp³-hybridized carbons (Fsp3) is 0.200. The minimum Gasteiger partial charge on any atom is -0.274 e. The molecule has 2 bridgehead atoms. The van der Waals surface area contributed by atoms with Crippen LogP contribution in [-0.2, 0) is 15.0 Å². The molecule has 0 N–H and O–H groups in total. The van der Waals surface area contributed by atoms with Gasteiger partial charge in [-0.2, -0.15) is 0 Å². The van der Waals surface area contributed by atoms with E-state index in [-0.39, 0.29) is 29.6 Å². The molecular weight excluding hydrogens is 473 g/mol. The Bertz CT molecular complexity index is 1150. The predicted molar refractivity (Wildman–Crippen MR) is 120 cm³/mol. The minimum atomic E-state index is -0.503. The van der Waals surface area contributed by atoms with Gasteiger partial charge in [-0.3, -0.25) is 9.59 Å². The number of halogens is 1. The van der Waals surface area contributed by atoms with Crippen LogP contribution in [0.25, 0.3) is 0 Å². The fourth-order valence-electron chi connectivity index (χ4n) is 6.00. The van der Waals surface area contributed by atoms with E-state index < -0.39 is 5.41 Å². The summed E-state index contributed by atoms with van der Waals surface area (Å²) < 4.78 is 1.08. The lowest BCUT2D eigenvalue weighted by Crippen LogP contribution is -2.51. The van der Waals surface area contributed by atoms with Gasteiger partial charge in [0.1, 0.15) is 0 Å². The molecule has 0 saturated carbocycles. The van der Waals surface area contributed by atoms with Crippen molar-refractivity contribution in [3.8, 4) is 0 Å². The number of amides is 2. The van der Waals surface area contributed by atoms with Gasteiger partial charge in [-0.15, -0.1) is 0 Å². The highest BCUT2D eigenvalue weighted by molar-refractivity contribution is 14.1. The summed E-state index contributed by atoms with van der Waals surface area (Å²) in [7, 11) is 0. The Balaban J connectivity index is 1.61. The molecule has 0 unspecified atom stereocenters. The zero-order valence-electron chi connectivity index (χ0n) is 15.8. The van der Waals surface area contributed by atoms with E-state index in [0.29, 0.717) is 5.69 Å². The van der Waals surface area contributed by atoms with E-state index in [1.165, 1.54) is 27.2 Å². The van der Waals surface area contributed by atoms with Crippen LogP contribution in [0.5, 0.6) is 0 Å². The monoisotopic (exact) mass is 491 g/mol. The van der Waals surface area contributed by atoms with Crippen LogP contribution in [0.1, 0.15) is 35.1 Å². The van der Waals surface area contributed by atoms with Crippen LogP contribution in [0, 0.1) is 15.4 Å². The first-order chi connectivity index (χ1) is 14.0. The summed E-state index contributed by atoms with van der Waals surface area (Å²) in [5.74, 6) is -0.931. The average molecular weight is 491 g/mol. The summed E-state index contributed by atoms with van der Waals surface area (Å²) in [6.07, 6.45) is 0. The van der Waals surface area contributed by atoms with Crippen LogP contribution < -0.4 is 4.90 Å². The van der Waals surface area contributed by atoms with Crippen molar-refractivity contribution in [3.63, 3.8) is 0 Å². The van der Waals surface area contributed by atoms with Crippen molar-refractivity contribution < 1.29 is 9.59 Å². The zero-order valence-corrected chi connectivity index (χ0v) is 18.0. The second-order valence-electron chi connectivity index (χ2n) is 8.35. The van der Waals surface area contributed by atoms with Crippen LogP contribution in [0.3, 0.4) is 0 Å². The van der Waals surface area contributed by atoms with Crippen molar-refractivity contribution in [2.75, 3.05) is 4.90 Å². The number of carbonyl (C=O) groups excluding carboxylic acids is 2. The van der Waals surface area contributed by atoms with Gasteiger partial charge in [0.05, 0.1) is 17.5 Å². The topological polar surface area (TPSA) is 37.4 Å². The van der Waals surface area contributed by atoms with E-state index in [1.807, 2.05) is 48.5 Å². The van der Waals surface area contributed by atoms with E-state index in [9.17, 15) is 9.59 Å². The van der Waals surface area contributed by atoms with Crippen molar-refractivity contribution >= 4 is 40.1 Å². The molecule has 0 radical (unpaired) electrons. The molecule has 0 spiro atoms. The van der Waals surface area contributed by atoms with Gasteiger partial charge < -0.3 is 0 Å². The third-order valence-corrected chi connectivity index (χ3v) is 7.85. The van der Waals surface area contributed by atoms with Crippen LogP contribution in [0.2, 0.25) is 0 Å². The first kappa shape index (κ1) is 17.4. The lowest BCUT2D eigenvalue weighted by Gasteiger charge is -2.52. The molecular formula is C25H18INO2. The van der Waals surface area contributed by atoms with Crippen LogP contribution in [-0.4, -0.2) is 11.8 Å². The largest absolute Gasteiger partial charge is 0.274 e. The molecule has 3 aromatic rings. The molecule has 2 atom stereocenters. The summed E-state index contributed by atoms with van der Waals surface area (Å²) in [5.41, 5.74) is 4.94. The molecule has 4 heteroatoms. The summed E-state index contributed by atoms with van der Waals surface area (Å²) >= 11 is 2.23. The lowest BCUT2D eigenvalue weighted by atomic mass is 9.48. The normalized spacial score (nSPS) is 28.9. The number of anilines is 1. The second-order valence-corrected chi connectivity index (χ2v) is 9.59. The zero-order chi connectivity index (χ0) is 19.9. The van der Waals surface area contributed by atoms with Crippen molar-refractivity contribution in [2.45, 2.75) is 18.3 Å². The molecule has 4 aliphatic rings. The van der Waals surface area contributed by atoms with Crippen LogP contribution in [0.4, 0.5) is 5.69 Å². The Morgan fingerprint density at radius 2 is 1.34 bits per heavy atom. The Labute approximate surface area is 182 Å². The van der Waals surface area contributed by atoms with Crippen molar-refractivity contribution in [1.82, 2.24) is 0 Å². The van der Waals surface area contributed by atoms with Crippen molar-refractivity contribution in [3.05, 3.63) is 98.6 Å². The van der Waals surface area contributed by atoms with E-state index in [4.69, 9.17) is 0 Å². The molecule has 1 heterocycles. The minimum absolute atomic E-state index is 0.0681. The Morgan fingerprint density at radius 3 is 1.93 bits per heavy atom. The van der Waals surface area contributed by atoms with E-state index in [1.54, 1.807) is 0 Å². The Kier molecular flexibility index (Phi) is 3.47. The maximum atomic E-state index is 13.8. The number of rotatable bonds is 1. The second kappa shape index (κ2) is 5.79. The molecule has 7 rings (SSSR count). The van der Waals surface area contributed by atoms with Gasteiger partial charge in [0.25, 0.3) is 0 Å². The predicted octanol–water partition coefficient (Wildman–Crippen LogP) is 4.86. The number of imide groups is 1. The van der Waals surface area contributed by atoms with Gasteiger partial charge in [0.2, 0.25) is 11.8 Å². The maximum absolute atomic E-state index is 13.8. The quantitative estimate of drug-likeness (QED) is 0.360. The molecule has 3 aliphatic carbocycles. The highest BCUT2D eigenvalue weighted by atomic mass is 127. The highest BCUT2D eigenvalue weighted by Crippen LogP contribution is 2.64. The number of hydrogen-bond acceptors (Lipinski definition) is 2. The standard InChI is InChI=1S/C25H18INO2/c1-25-18-8-4-2-6-16(18)20(17-7-3-5-9-19(17)25)21-22(25)24(29)27(23(21)28)15-12-10-14(26)11-13-15/h2-13,20-22H,1H3/t20?,21-,22-,25?/m0/s1. The van der Waals surface area contributed by atoms with Crippen LogP contribution in [0.15, 0.2) is 72.8 Å². The molecule has 3 aromatic carbocycles. The molecule has 29 heavy (non-hydrogen) atoms. The molecule has 3 nitrogen and oxygen atoms in total. The first-order valence-electron chi connectivity index (χ1n) is 9.85. The van der Waals surface area contributed by atoms with E-state index in [2.05, 4.69) is 53.8 Å². The first-order valence-corrected chi connectivity index (χ1v) is 10.9. The fourth-order valence-corrected chi connectivity index (χ4v) is 6.36. The Hall–Kier alpha value is -2.47.